The van der Waals surface area contributed by atoms with Gasteiger partial charge in [0.05, 0.1) is 24.2 Å². The first kappa shape index (κ1) is 18.2. The number of aryl methyl sites for hydroxylation is 1. The number of benzene rings is 2. The molecule has 0 radical (unpaired) electrons. The number of anilines is 2. The molecule has 144 valence electrons. The maximum atomic E-state index is 12.4. The van der Waals surface area contributed by atoms with E-state index in [2.05, 4.69) is 15.2 Å². The molecule has 28 heavy (non-hydrogen) atoms. The number of rotatable bonds is 5. The van der Waals surface area contributed by atoms with Crippen LogP contribution in [0.25, 0.3) is 11.0 Å². The van der Waals surface area contributed by atoms with E-state index in [-0.39, 0.29) is 12.5 Å². The molecule has 0 spiro atoms. The zero-order valence-corrected chi connectivity index (χ0v) is 15.7. The predicted octanol–water partition coefficient (Wildman–Crippen LogP) is 2.79. The maximum Gasteiger partial charge on any atom is 0.262 e. The van der Waals surface area contributed by atoms with Crippen LogP contribution in [0.4, 0.5) is 11.5 Å². The Hall–Kier alpha value is -3.19. The third kappa shape index (κ3) is 4.04. The van der Waals surface area contributed by atoms with Crippen LogP contribution < -0.4 is 15.0 Å². The van der Waals surface area contributed by atoms with E-state index in [9.17, 15) is 4.79 Å². The fourth-order valence-electron chi connectivity index (χ4n) is 3.09. The minimum absolute atomic E-state index is 0.140. The number of aromatic nitrogens is 2. The van der Waals surface area contributed by atoms with Crippen molar-refractivity contribution in [3.8, 4) is 5.88 Å². The standard InChI is InChI=1S/C21H22N4O3/c1-15-6-2-3-7-16(15)22-19(26)14-28-21-20(25-10-12-27-13-11-25)23-17-8-4-5-9-18(17)24-21/h2-9H,10-14H2,1H3,(H,22,26). The minimum atomic E-state index is -0.239. The number of hydrogen-bond donors (Lipinski definition) is 1. The Bertz CT molecular complexity index is 986. The van der Waals surface area contributed by atoms with Gasteiger partial charge in [-0.15, -0.1) is 0 Å². The molecule has 0 bridgehead atoms. The van der Waals surface area contributed by atoms with Crippen LogP contribution in [-0.2, 0) is 9.53 Å². The van der Waals surface area contributed by atoms with Crippen molar-refractivity contribution in [1.82, 2.24) is 9.97 Å². The van der Waals surface area contributed by atoms with Gasteiger partial charge in [0.15, 0.2) is 12.4 Å². The predicted molar refractivity (Wildman–Crippen MR) is 108 cm³/mol. The number of carbonyl (C=O) groups is 1. The van der Waals surface area contributed by atoms with Gasteiger partial charge < -0.3 is 19.7 Å². The average Bonchev–Trinajstić information content (AvgIpc) is 2.74. The first-order valence-electron chi connectivity index (χ1n) is 9.28. The Labute approximate surface area is 163 Å². The molecule has 2 heterocycles. The highest BCUT2D eigenvalue weighted by molar-refractivity contribution is 5.92. The van der Waals surface area contributed by atoms with Crippen molar-refractivity contribution in [2.24, 2.45) is 0 Å². The Morgan fingerprint density at radius 1 is 1.07 bits per heavy atom. The highest BCUT2D eigenvalue weighted by Crippen LogP contribution is 2.27. The summed E-state index contributed by atoms with van der Waals surface area (Å²) in [6.45, 7) is 4.47. The van der Waals surface area contributed by atoms with Crippen LogP contribution in [0.15, 0.2) is 48.5 Å². The summed E-state index contributed by atoms with van der Waals surface area (Å²) in [4.78, 5) is 23.8. The minimum Gasteiger partial charge on any atom is -0.465 e. The average molecular weight is 378 g/mol. The van der Waals surface area contributed by atoms with Crippen LogP contribution in [0, 0.1) is 6.92 Å². The number of amides is 1. The zero-order chi connectivity index (χ0) is 19.3. The van der Waals surface area contributed by atoms with Gasteiger partial charge in [-0.25, -0.2) is 9.97 Å². The summed E-state index contributed by atoms with van der Waals surface area (Å²) in [6.07, 6.45) is 0. The number of carbonyl (C=O) groups excluding carboxylic acids is 1. The zero-order valence-electron chi connectivity index (χ0n) is 15.7. The van der Waals surface area contributed by atoms with Gasteiger partial charge in [0.25, 0.3) is 11.8 Å². The molecule has 4 rings (SSSR count). The second-order valence-corrected chi connectivity index (χ2v) is 6.59. The molecule has 1 aliphatic heterocycles. The van der Waals surface area contributed by atoms with Gasteiger partial charge in [-0.1, -0.05) is 30.3 Å². The van der Waals surface area contributed by atoms with Gasteiger partial charge >= 0.3 is 0 Å². The summed E-state index contributed by atoms with van der Waals surface area (Å²) in [5.41, 5.74) is 3.29. The van der Waals surface area contributed by atoms with Gasteiger partial charge in [0.1, 0.15) is 0 Å². The third-order valence-electron chi connectivity index (χ3n) is 4.59. The van der Waals surface area contributed by atoms with E-state index in [0.29, 0.717) is 38.0 Å². The Morgan fingerprint density at radius 2 is 1.75 bits per heavy atom. The number of nitrogens with one attached hydrogen (secondary N) is 1. The van der Waals surface area contributed by atoms with Gasteiger partial charge in [-0.05, 0) is 30.7 Å². The monoisotopic (exact) mass is 378 g/mol. The molecule has 1 aliphatic rings. The van der Waals surface area contributed by atoms with Crippen LogP contribution in [0.1, 0.15) is 5.56 Å². The summed E-state index contributed by atoms with van der Waals surface area (Å²) in [7, 11) is 0. The summed E-state index contributed by atoms with van der Waals surface area (Å²) >= 11 is 0. The number of fused-ring (bicyclic) bond motifs is 1. The first-order valence-corrected chi connectivity index (χ1v) is 9.28. The summed E-state index contributed by atoms with van der Waals surface area (Å²) in [5.74, 6) is 0.767. The summed E-state index contributed by atoms with van der Waals surface area (Å²) in [5, 5.41) is 2.87. The number of morpholine rings is 1. The Balaban J connectivity index is 1.54. The lowest BCUT2D eigenvalue weighted by Crippen LogP contribution is -2.37. The third-order valence-corrected chi connectivity index (χ3v) is 4.59. The van der Waals surface area contributed by atoms with Crippen molar-refractivity contribution in [2.45, 2.75) is 6.92 Å². The normalized spacial score (nSPS) is 14.1. The van der Waals surface area contributed by atoms with Crippen molar-refractivity contribution in [1.29, 1.82) is 0 Å². The molecule has 0 unspecified atom stereocenters. The smallest absolute Gasteiger partial charge is 0.262 e. The number of nitrogens with zero attached hydrogens (tertiary/aromatic N) is 3. The molecule has 0 atom stereocenters. The molecule has 1 amide bonds. The van der Waals surface area contributed by atoms with E-state index < -0.39 is 0 Å². The van der Waals surface area contributed by atoms with E-state index >= 15 is 0 Å². The van der Waals surface area contributed by atoms with E-state index in [1.165, 1.54) is 0 Å². The number of ether oxygens (including phenoxy) is 2. The molecule has 7 nitrogen and oxygen atoms in total. The molecule has 0 saturated carbocycles. The molecule has 2 aromatic carbocycles. The molecule has 1 aromatic heterocycles. The van der Waals surface area contributed by atoms with Crippen LogP contribution in [0.2, 0.25) is 0 Å². The topological polar surface area (TPSA) is 76.6 Å². The molecule has 0 aliphatic carbocycles. The van der Waals surface area contributed by atoms with Gasteiger partial charge in [0, 0.05) is 18.8 Å². The van der Waals surface area contributed by atoms with E-state index in [4.69, 9.17) is 14.5 Å². The van der Waals surface area contributed by atoms with Crippen LogP contribution in [-0.4, -0.2) is 48.8 Å². The van der Waals surface area contributed by atoms with Crippen molar-refractivity contribution >= 4 is 28.4 Å². The second-order valence-electron chi connectivity index (χ2n) is 6.59. The van der Waals surface area contributed by atoms with E-state index in [0.717, 1.165) is 22.3 Å². The number of para-hydroxylation sites is 3. The molecule has 1 saturated heterocycles. The largest absolute Gasteiger partial charge is 0.465 e. The summed E-state index contributed by atoms with van der Waals surface area (Å²) in [6, 6.07) is 15.3. The molecule has 1 N–H and O–H groups in total. The van der Waals surface area contributed by atoms with Crippen LogP contribution in [0.5, 0.6) is 5.88 Å². The van der Waals surface area contributed by atoms with E-state index in [1.54, 1.807) is 0 Å². The quantitative estimate of drug-likeness (QED) is 0.736. The second kappa shape index (κ2) is 8.22. The fourth-order valence-corrected chi connectivity index (χ4v) is 3.09. The van der Waals surface area contributed by atoms with Gasteiger partial charge in [0.2, 0.25) is 0 Å². The van der Waals surface area contributed by atoms with Crippen molar-refractivity contribution in [3.63, 3.8) is 0 Å². The SMILES string of the molecule is Cc1ccccc1NC(=O)COc1nc2ccccc2nc1N1CCOCC1. The van der Waals surface area contributed by atoms with Crippen molar-refractivity contribution in [2.75, 3.05) is 43.1 Å². The van der Waals surface area contributed by atoms with Crippen LogP contribution in [0.3, 0.4) is 0 Å². The molecule has 1 fully saturated rings. The van der Waals surface area contributed by atoms with Gasteiger partial charge in [-0.2, -0.15) is 0 Å². The van der Waals surface area contributed by atoms with Crippen molar-refractivity contribution < 1.29 is 14.3 Å². The van der Waals surface area contributed by atoms with Gasteiger partial charge in [-0.3, -0.25) is 4.79 Å². The Morgan fingerprint density at radius 3 is 2.50 bits per heavy atom. The molecular weight excluding hydrogens is 356 g/mol. The lowest BCUT2D eigenvalue weighted by atomic mass is 10.2. The summed E-state index contributed by atoms with van der Waals surface area (Å²) < 4.78 is 11.2. The lowest BCUT2D eigenvalue weighted by molar-refractivity contribution is -0.118. The molecule has 7 heteroatoms. The van der Waals surface area contributed by atoms with E-state index in [1.807, 2.05) is 55.5 Å². The highest BCUT2D eigenvalue weighted by Gasteiger charge is 2.20. The Kier molecular flexibility index (Phi) is 5.34. The number of hydrogen-bond acceptors (Lipinski definition) is 6. The molecular formula is C21H22N4O3. The lowest BCUT2D eigenvalue weighted by Gasteiger charge is -2.28. The van der Waals surface area contributed by atoms with Crippen LogP contribution >= 0.6 is 0 Å². The fraction of sp³-hybridized carbons (Fsp3) is 0.286. The highest BCUT2D eigenvalue weighted by atomic mass is 16.5. The molecule has 3 aromatic rings. The maximum absolute atomic E-state index is 12.4. The first-order chi connectivity index (χ1) is 13.7. The van der Waals surface area contributed by atoms with Crippen molar-refractivity contribution in [3.05, 3.63) is 54.1 Å².